The van der Waals surface area contributed by atoms with Crippen LogP contribution in [0.5, 0.6) is 0 Å². The second-order valence-corrected chi connectivity index (χ2v) is 2.55. The van der Waals surface area contributed by atoms with Gasteiger partial charge in [-0.05, 0) is 5.56 Å². The molecule has 1 aromatic heterocycles. The maximum absolute atomic E-state index is 4.05. The second-order valence-electron chi connectivity index (χ2n) is 2.55. The van der Waals surface area contributed by atoms with Crippen molar-refractivity contribution in [1.29, 1.82) is 0 Å². The molecular weight excluding hydrogens is 138 g/mol. The first-order chi connectivity index (χ1) is 5.22. The molecule has 0 aromatic carbocycles. The Labute approximate surface area is 66.7 Å². The van der Waals surface area contributed by atoms with Crippen molar-refractivity contribution in [1.82, 2.24) is 15.1 Å². The van der Waals surface area contributed by atoms with E-state index in [0.29, 0.717) is 0 Å². The standard InChI is InChI=1S/C8H13N3/c1-7(9-2)4-8-5-10-11(3)6-8/h5-6,9H,1,4H2,2-3H3. The fraction of sp³-hybridized carbons (Fsp3) is 0.375. The van der Waals surface area contributed by atoms with Crippen LogP contribution in [-0.4, -0.2) is 16.8 Å². The Bertz CT molecular complexity index is 250. The van der Waals surface area contributed by atoms with Gasteiger partial charge in [-0.1, -0.05) is 6.58 Å². The van der Waals surface area contributed by atoms with Gasteiger partial charge >= 0.3 is 0 Å². The molecule has 0 atom stereocenters. The third kappa shape index (κ3) is 2.11. The van der Waals surface area contributed by atoms with Crippen LogP contribution in [-0.2, 0) is 13.5 Å². The Morgan fingerprint density at radius 1 is 1.82 bits per heavy atom. The highest BCUT2D eigenvalue weighted by atomic mass is 15.2. The third-order valence-electron chi connectivity index (χ3n) is 1.53. The molecule has 0 saturated heterocycles. The summed E-state index contributed by atoms with van der Waals surface area (Å²) in [6.07, 6.45) is 4.69. The molecular formula is C8H13N3. The summed E-state index contributed by atoms with van der Waals surface area (Å²) >= 11 is 0. The van der Waals surface area contributed by atoms with Crippen molar-refractivity contribution in [3.8, 4) is 0 Å². The Balaban J connectivity index is 2.57. The van der Waals surface area contributed by atoms with Crippen LogP contribution in [0.1, 0.15) is 5.56 Å². The van der Waals surface area contributed by atoms with Crippen LogP contribution in [0.25, 0.3) is 0 Å². The molecule has 0 aliphatic rings. The van der Waals surface area contributed by atoms with E-state index < -0.39 is 0 Å². The van der Waals surface area contributed by atoms with Crippen molar-refractivity contribution in [3.05, 3.63) is 30.2 Å². The topological polar surface area (TPSA) is 29.9 Å². The van der Waals surface area contributed by atoms with Gasteiger partial charge in [-0.25, -0.2) is 0 Å². The zero-order valence-electron chi connectivity index (χ0n) is 6.96. The number of hydrogen-bond donors (Lipinski definition) is 1. The lowest BCUT2D eigenvalue weighted by atomic mass is 10.2. The Morgan fingerprint density at radius 3 is 3.00 bits per heavy atom. The van der Waals surface area contributed by atoms with Crippen LogP contribution in [0.15, 0.2) is 24.7 Å². The number of hydrogen-bond acceptors (Lipinski definition) is 2. The minimum Gasteiger partial charge on any atom is -0.392 e. The van der Waals surface area contributed by atoms with Gasteiger partial charge in [-0.3, -0.25) is 4.68 Å². The molecule has 1 aromatic rings. The molecule has 60 valence electrons. The first kappa shape index (κ1) is 7.85. The summed E-state index contributed by atoms with van der Waals surface area (Å²) in [7, 11) is 3.78. The molecule has 0 aliphatic carbocycles. The molecule has 11 heavy (non-hydrogen) atoms. The average molecular weight is 151 g/mol. The fourth-order valence-corrected chi connectivity index (χ4v) is 0.898. The second kappa shape index (κ2) is 3.23. The van der Waals surface area contributed by atoms with Crippen LogP contribution < -0.4 is 5.32 Å². The maximum atomic E-state index is 4.05. The zero-order valence-corrected chi connectivity index (χ0v) is 6.96. The molecule has 0 fully saturated rings. The molecule has 0 radical (unpaired) electrons. The van der Waals surface area contributed by atoms with Crippen molar-refractivity contribution in [2.75, 3.05) is 7.05 Å². The van der Waals surface area contributed by atoms with Crippen molar-refractivity contribution in [3.63, 3.8) is 0 Å². The van der Waals surface area contributed by atoms with Crippen LogP contribution >= 0.6 is 0 Å². The quantitative estimate of drug-likeness (QED) is 0.689. The molecule has 0 saturated carbocycles. The molecule has 0 aliphatic heterocycles. The summed E-state index contributed by atoms with van der Waals surface area (Å²) in [6.45, 7) is 3.83. The predicted molar refractivity (Wildman–Crippen MR) is 45.1 cm³/mol. The SMILES string of the molecule is C=C(Cc1cnn(C)c1)NC. The van der Waals surface area contributed by atoms with E-state index in [4.69, 9.17) is 0 Å². The normalized spacial score (nSPS) is 9.64. The smallest absolute Gasteiger partial charge is 0.0525 e. The molecule has 1 N–H and O–H groups in total. The first-order valence-electron chi connectivity index (χ1n) is 3.55. The van der Waals surface area contributed by atoms with Crippen molar-refractivity contribution in [2.45, 2.75) is 6.42 Å². The van der Waals surface area contributed by atoms with E-state index >= 15 is 0 Å². The number of allylic oxidation sites excluding steroid dienone is 1. The van der Waals surface area contributed by atoms with Gasteiger partial charge in [0.25, 0.3) is 0 Å². The van der Waals surface area contributed by atoms with E-state index in [2.05, 4.69) is 17.0 Å². The number of likely N-dealkylation sites (N-methyl/N-ethyl adjacent to an activating group) is 1. The van der Waals surface area contributed by atoms with E-state index in [1.807, 2.05) is 26.5 Å². The highest BCUT2D eigenvalue weighted by molar-refractivity contribution is 5.12. The van der Waals surface area contributed by atoms with Gasteiger partial charge in [0.2, 0.25) is 0 Å². The monoisotopic (exact) mass is 151 g/mol. The van der Waals surface area contributed by atoms with Gasteiger partial charge < -0.3 is 5.32 Å². The number of aromatic nitrogens is 2. The highest BCUT2D eigenvalue weighted by Crippen LogP contribution is 2.01. The Kier molecular flexibility index (Phi) is 2.31. The van der Waals surface area contributed by atoms with Crippen LogP contribution in [0, 0.1) is 0 Å². The van der Waals surface area contributed by atoms with E-state index in [1.54, 1.807) is 4.68 Å². The van der Waals surface area contributed by atoms with Crippen molar-refractivity contribution >= 4 is 0 Å². The predicted octanol–water partition coefficient (Wildman–Crippen LogP) is 0.696. The van der Waals surface area contributed by atoms with E-state index in [0.717, 1.165) is 12.1 Å². The van der Waals surface area contributed by atoms with E-state index in [9.17, 15) is 0 Å². The van der Waals surface area contributed by atoms with Gasteiger partial charge in [0, 0.05) is 32.4 Å². The Hall–Kier alpha value is -1.25. The summed E-state index contributed by atoms with van der Waals surface area (Å²) in [4.78, 5) is 0. The molecule has 1 heterocycles. The lowest BCUT2D eigenvalue weighted by Gasteiger charge is -2.00. The van der Waals surface area contributed by atoms with Crippen LogP contribution in [0.3, 0.4) is 0 Å². The summed E-state index contributed by atoms with van der Waals surface area (Å²) in [5.41, 5.74) is 2.20. The lowest BCUT2D eigenvalue weighted by molar-refractivity contribution is 0.767. The summed E-state index contributed by atoms with van der Waals surface area (Å²) in [5, 5.41) is 7.04. The van der Waals surface area contributed by atoms with Gasteiger partial charge in [-0.2, -0.15) is 5.10 Å². The molecule has 0 spiro atoms. The van der Waals surface area contributed by atoms with Crippen molar-refractivity contribution in [2.24, 2.45) is 7.05 Å². The zero-order chi connectivity index (χ0) is 8.27. The lowest BCUT2D eigenvalue weighted by Crippen LogP contribution is -2.06. The number of rotatable bonds is 3. The number of nitrogens with zero attached hydrogens (tertiary/aromatic N) is 2. The fourth-order valence-electron chi connectivity index (χ4n) is 0.898. The summed E-state index contributed by atoms with van der Waals surface area (Å²) in [6, 6.07) is 0. The summed E-state index contributed by atoms with van der Waals surface area (Å²) in [5.74, 6) is 0. The van der Waals surface area contributed by atoms with Gasteiger partial charge in [0.15, 0.2) is 0 Å². The highest BCUT2D eigenvalue weighted by Gasteiger charge is 1.96. The molecule has 0 bridgehead atoms. The Morgan fingerprint density at radius 2 is 2.55 bits per heavy atom. The molecule has 0 unspecified atom stereocenters. The summed E-state index contributed by atoms with van der Waals surface area (Å²) < 4.78 is 1.79. The van der Waals surface area contributed by atoms with Gasteiger partial charge in [0.05, 0.1) is 6.20 Å². The molecule has 3 heteroatoms. The molecule has 3 nitrogen and oxygen atoms in total. The minimum atomic E-state index is 0.852. The number of nitrogens with one attached hydrogen (secondary N) is 1. The number of aryl methyl sites for hydroxylation is 1. The van der Waals surface area contributed by atoms with Crippen LogP contribution in [0.4, 0.5) is 0 Å². The molecule has 1 rings (SSSR count). The van der Waals surface area contributed by atoms with E-state index in [1.165, 1.54) is 5.56 Å². The maximum Gasteiger partial charge on any atom is 0.0525 e. The van der Waals surface area contributed by atoms with E-state index in [-0.39, 0.29) is 0 Å². The van der Waals surface area contributed by atoms with Crippen LogP contribution in [0.2, 0.25) is 0 Å². The van der Waals surface area contributed by atoms with Crippen molar-refractivity contribution < 1.29 is 0 Å². The minimum absolute atomic E-state index is 0.852. The largest absolute Gasteiger partial charge is 0.392 e. The van der Waals surface area contributed by atoms with Gasteiger partial charge in [-0.15, -0.1) is 0 Å². The van der Waals surface area contributed by atoms with Gasteiger partial charge in [0.1, 0.15) is 0 Å². The third-order valence-corrected chi connectivity index (χ3v) is 1.53. The average Bonchev–Trinajstić information content (AvgIpc) is 2.35. The first-order valence-corrected chi connectivity index (χ1v) is 3.55. The molecule has 0 amide bonds.